The maximum Gasteiger partial charge on any atom is 0.408 e. The van der Waals surface area contributed by atoms with E-state index in [0.29, 0.717) is 44.2 Å². The normalized spacial score (nSPS) is 21.6. The number of carbonyl (C=O) groups excluding carboxylic acids is 2. The van der Waals surface area contributed by atoms with Gasteiger partial charge < -0.3 is 25.4 Å². The Balaban J connectivity index is 1.43. The molecule has 0 radical (unpaired) electrons. The molecule has 1 aliphatic carbocycles. The predicted molar refractivity (Wildman–Crippen MR) is 164 cm³/mol. The second-order valence-corrected chi connectivity index (χ2v) is 12.8. The number of hydrogen-bond donors (Lipinski definition) is 3. The van der Waals surface area contributed by atoms with E-state index in [1.165, 1.54) is 6.33 Å². The molecule has 228 valence electrons. The van der Waals surface area contributed by atoms with E-state index >= 15 is 0 Å². The second-order valence-electron chi connectivity index (χ2n) is 12.8. The molecular formula is C33H47N5O4. The lowest BCUT2D eigenvalue weighted by atomic mass is 9.77. The summed E-state index contributed by atoms with van der Waals surface area (Å²) in [5.74, 6) is 1.12. The summed E-state index contributed by atoms with van der Waals surface area (Å²) in [6.45, 7) is 12.6. The Labute approximate surface area is 250 Å². The molecule has 4 unspecified atom stereocenters. The highest BCUT2D eigenvalue weighted by Gasteiger charge is 2.42. The van der Waals surface area contributed by atoms with Crippen LogP contribution in [-0.2, 0) is 28.9 Å². The van der Waals surface area contributed by atoms with Gasteiger partial charge in [0, 0.05) is 25.1 Å². The number of fused-ring (bicyclic) bond motifs is 1. The summed E-state index contributed by atoms with van der Waals surface area (Å²) in [5, 5.41) is 17.5. The fraction of sp³-hybridized carbons (Fsp3) is 0.576. The summed E-state index contributed by atoms with van der Waals surface area (Å²) >= 11 is 0. The number of ether oxygens (including phenoxy) is 1. The summed E-state index contributed by atoms with van der Waals surface area (Å²) in [5.41, 5.74) is 1.92. The van der Waals surface area contributed by atoms with Crippen molar-refractivity contribution in [2.75, 3.05) is 18.4 Å². The van der Waals surface area contributed by atoms with Crippen LogP contribution in [0.1, 0.15) is 76.6 Å². The van der Waals surface area contributed by atoms with Crippen LogP contribution in [0.25, 0.3) is 0 Å². The number of carbonyl (C=O) groups is 2. The quantitative estimate of drug-likeness (QED) is 0.320. The van der Waals surface area contributed by atoms with E-state index in [4.69, 9.17) is 4.74 Å². The third-order valence-corrected chi connectivity index (χ3v) is 8.71. The maximum absolute atomic E-state index is 13.8. The Morgan fingerprint density at radius 1 is 1.26 bits per heavy atom. The summed E-state index contributed by atoms with van der Waals surface area (Å²) in [6.07, 6.45) is 8.40. The van der Waals surface area contributed by atoms with Gasteiger partial charge in [0.05, 0.1) is 18.3 Å². The van der Waals surface area contributed by atoms with Crippen molar-refractivity contribution < 1.29 is 19.4 Å². The Bertz CT molecular complexity index is 1230. The average Bonchev–Trinajstić information content (AvgIpc) is 3.39. The minimum absolute atomic E-state index is 0.0914. The number of nitrogens with one attached hydrogen (secondary N) is 2. The lowest BCUT2D eigenvalue weighted by molar-refractivity contribution is -0.134. The van der Waals surface area contributed by atoms with Crippen LogP contribution in [0.15, 0.2) is 49.3 Å². The number of allylic oxidation sites excluding steroid dienone is 1. The van der Waals surface area contributed by atoms with Crippen LogP contribution < -0.4 is 10.6 Å². The minimum atomic E-state index is -0.778. The van der Waals surface area contributed by atoms with E-state index in [-0.39, 0.29) is 11.3 Å². The van der Waals surface area contributed by atoms with Crippen molar-refractivity contribution in [3.05, 3.63) is 66.1 Å². The third kappa shape index (κ3) is 7.88. The van der Waals surface area contributed by atoms with E-state index in [1.54, 1.807) is 25.7 Å². The fourth-order valence-corrected chi connectivity index (χ4v) is 6.39. The highest BCUT2D eigenvalue weighted by atomic mass is 16.6. The number of amides is 2. The van der Waals surface area contributed by atoms with Gasteiger partial charge in [0.25, 0.3) is 0 Å². The van der Waals surface area contributed by atoms with E-state index in [9.17, 15) is 14.7 Å². The van der Waals surface area contributed by atoms with Gasteiger partial charge in [-0.25, -0.2) is 14.8 Å². The summed E-state index contributed by atoms with van der Waals surface area (Å²) in [7, 11) is 0. The Kier molecular flexibility index (Phi) is 10.2. The first-order valence-corrected chi connectivity index (χ1v) is 15.2. The molecule has 2 aromatic rings. The zero-order valence-electron chi connectivity index (χ0n) is 25.6. The van der Waals surface area contributed by atoms with Crippen molar-refractivity contribution >= 4 is 17.8 Å². The van der Waals surface area contributed by atoms with Crippen LogP contribution >= 0.6 is 0 Å². The largest absolute Gasteiger partial charge is 0.444 e. The zero-order valence-corrected chi connectivity index (χ0v) is 25.6. The van der Waals surface area contributed by atoms with E-state index in [2.05, 4.69) is 34.1 Å². The van der Waals surface area contributed by atoms with Crippen molar-refractivity contribution in [1.82, 2.24) is 20.2 Å². The lowest BCUT2D eigenvalue weighted by Gasteiger charge is -2.35. The molecule has 9 heteroatoms. The molecule has 1 fully saturated rings. The number of aromatic nitrogens is 2. The van der Waals surface area contributed by atoms with Crippen LogP contribution in [0, 0.1) is 11.3 Å². The molecule has 0 saturated heterocycles. The lowest BCUT2D eigenvalue weighted by Crippen LogP contribution is -2.52. The molecule has 2 aliphatic rings. The van der Waals surface area contributed by atoms with Crippen LogP contribution in [-0.4, -0.2) is 62.8 Å². The molecule has 3 N–H and O–H groups in total. The number of anilines is 1. The predicted octanol–water partition coefficient (Wildman–Crippen LogP) is 5.04. The second kappa shape index (κ2) is 13.7. The summed E-state index contributed by atoms with van der Waals surface area (Å²) < 4.78 is 5.46. The summed E-state index contributed by atoms with van der Waals surface area (Å²) in [6, 6.07) is 8.85. The number of hydrogen-bond acceptors (Lipinski definition) is 7. The van der Waals surface area contributed by atoms with Crippen molar-refractivity contribution in [3.8, 4) is 0 Å². The minimum Gasteiger partial charge on any atom is -0.444 e. The molecule has 1 aromatic heterocycles. The van der Waals surface area contributed by atoms with Gasteiger partial charge in [-0.3, -0.25) is 4.79 Å². The molecular weight excluding hydrogens is 530 g/mol. The SMILES string of the molecule is C=CCC1CCC(CC)(C(O)CNc2ncnc3c2CCN(C(=O)C(Cc2ccccc2)NC(=O)OC(C)(C)C)C3)C1. The van der Waals surface area contributed by atoms with Gasteiger partial charge in [0.1, 0.15) is 23.8 Å². The van der Waals surface area contributed by atoms with Crippen LogP contribution in [0.3, 0.4) is 0 Å². The van der Waals surface area contributed by atoms with Gasteiger partial charge >= 0.3 is 6.09 Å². The Morgan fingerprint density at radius 2 is 2.02 bits per heavy atom. The Morgan fingerprint density at radius 3 is 2.71 bits per heavy atom. The number of alkyl carbamates (subject to hydrolysis) is 1. The van der Waals surface area contributed by atoms with Crippen LogP contribution in [0.4, 0.5) is 10.6 Å². The monoisotopic (exact) mass is 577 g/mol. The first-order chi connectivity index (χ1) is 20.0. The molecule has 2 amide bonds. The molecule has 42 heavy (non-hydrogen) atoms. The molecule has 4 atom stereocenters. The molecule has 1 aromatic carbocycles. The number of benzene rings is 1. The zero-order chi connectivity index (χ0) is 30.3. The number of rotatable bonds is 11. The van der Waals surface area contributed by atoms with Crippen molar-refractivity contribution in [3.63, 3.8) is 0 Å². The smallest absolute Gasteiger partial charge is 0.408 e. The molecule has 4 rings (SSSR count). The number of aliphatic hydroxyl groups is 1. The maximum atomic E-state index is 13.8. The number of nitrogens with zero attached hydrogens (tertiary/aromatic N) is 3. The van der Waals surface area contributed by atoms with Crippen molar-refractivity contribution in [1.29, 1.82) is 0 Å². The summed E-state index contributed by atoms with van der Waals surface area (Å²) in [4.78, 5) is 37.1. The molecule has 0 spiro atoms. The molecule has 0 bridgehead atoms. The average molecular weight is 578 g/mol. The van der Waals surface area contributed by atoms with E-state index in [0.717, 1.165) is 48.9 Å². The topological polar surface area (TPSA) is 117 Å². The standard InChI is InChI=1S/C33H47N5O4/c1-6-11-24-14-16-33(7-2,19-24)28(39)20-34-29-25-15-17-38(21-27(25)35-22-36-29)30(40)26(18-23-12-9-8-10-13-23)37-31(41)42-32(3,4)5/h6,8-10,12-13,22,24,26,28,39H,1,7,11,14-21H2,2-5H3,(H,37,41)(H,34,35,36). The van der Waals surface area contributed by atoms with E-state index in [1.807, 2.05) is 36.4 Å². The van der Waals surface area contributed by atoms with Gasteiger partial charge in [0.15, 0.2) is 0 Å². The Hall–Kier alpha value is -3.46. The van der Waals surface area contributed by atoms with Gasteiger partial charge in [-0.1, -0.05) is 43.3 Å². The van der Waals surface area contributed by atoms with E-state index < -0.39 is 23.8 Å². The highest BCUT2D eigenvalue weighted by molar-refractivity contribution is 5.86. The van der Waals surface area contributed by atoms with Crippen molar-refractivity contribution in [2.24, 2.45) is 11.3 Å². The third-order valence-electron chi connectivity index (χ3n) is 8.71. The number of aliphatic hydroxyl groups excluding tert-OH is 1. The van der Waals surface area contributed by atoms with Gasteiger partial charge in [-0.05, 0) is 76.2 Å². The highest BCUT2D eigenvalue weighted by Crippen LogP contribution is 2.48. The van der Waals surface area contributed by atoms with Gasteiger partial charge in [-0.15, -0.1) is 6.58 Å². The fourth-order valence-electron chi connectivity index (χ4n) is 6.39. The van der Waals surface area contributed by atoms with Crippen molar-refractivity contribution in [2.45, 2.75) is 96.9 Å². The van der Waals surface area contributed by atoms with Gasteiger partial charge in [0.2, 0.25) is 5.91 Å². The van der Waals surface area contributed by atoms with Crippen LogP contribution in [0.5, 0.6) is 0 Å². The first kappa shape index (κ1) is 31.5. The van der Waals surface area contributed by atoms with Gasteiger partial charge in [-0.2, -0.15) is 0 Å². The molecule has 2 heterocycles. The first-order valence-electron chi connectivity index (χ1n) is 15.2. The molecule has 9 nitrogen and oxygen atoms in total. The molecule has 1 aliphatic heterocycles. The molecule has 1 saturated carbocycles. The van der Waals surface area contributed by atoms with Crippen LogP contribution in [0.2, 0.25) is 0 Å².